The standard InChI is InChI=1S/C13H16N4O3S/c1-2-20-12(19)8-10-9-21-13(15-10)16-11(18)4-7-17-6-3-5-14-17/h3,5-6,9H,2,4,7-8H2,1H3,(H,15,16,18). The van der Waals surface area contributed by atoms with Gasteiger partial charge in [-0.3, -0.25) is 14.3 Å². The Balaban J connectivity index is 1.78. The number of thiazole rings is 1. The fourth-order valence-electron chi connectivity index (χ4n) is 1.64. The molecular formula is C13H16N4O3S. The van der Waals surface area contributed by atoms with Gasteiger partial charge >= 0.3 is 5.97 Å². The third kappa shape index (κ3) is 4.99. The highest BCUT2D eigenvalue weighted by molar-refractivity contribution is 7.13. The van der Waals surface area contributed by atoms with Crippen LogP contribution in [0.2, 0.25) is 0 Å². The van der Waals surface area contributed by atoms with Crippen molar-refractivity contribution in [1.82, 2.24) is 14.8 Å². The smallest absolute Gasteiger partial charge is 0.311 e. The molecule has 112 valence electrons. The highest BCUT2D eigenvalue weighted by Gasteiger charge is 2.10. The second-order valence-corrected chi connectivity index (χ2v) is 5.05. The summed E-state index contributed by atoms with van der Waals surface area (Å²) in [5.74, 6) is -0.457. The number of hydrogen-bond acceptors (Lipinski definition) is 6. The molecule has 7 nitrogen and oxygen atoms in total. The number of amides is 1. The van der Waals surface area contributed by atoms with Crippen LogP contribution >= 0.6 is 11.3 Å². The number of ether oxygens (including phenoxy) is 1. The van der Waals surface area contributed by atoms with Crippen molar-refractivity contribution in [3.63, 3.8) is 0 Å². The van der Waals surface area contributed by atoms with Gasteiger partial charge < -0.3 is 10.1 Å². The molecule has 0 spiro atoms. The van der Waals surface area contributed by atoms with Crippen LogP contribution < -0.4 is 5.32 Å². The summed E-state index contributed by atoms with van der Waals surface area (Å²) in [7, 11) is 0. The van der Waals surface area contributed by atoms with Gasteiger partial charge in [-0.15, -0.1) is 11.3 Å². The lowest BCUT2D eigenvalue weighted by molar-refractivity contribution is -0.142. The minimum absolute atomic E-state index is 0.119. The molecule has 0 aliphatic rings. The van der Waals surface area contributed by atoms with Gasteiger partial charge in [0.25, 0.3) is 0 Å². The van der Waals surface area contributed by atoms with Crippen LogP contribution in [0.3, 0.4) is 0 Å². The van der Waals surface area contributed by atoms with Gasteiger partial charge in [-0.2, -0.15) is 5.10 Å². The van der Waals surface area contributed by atoms with Crippen LogP contribution in [0, 0.1) is 0 Å². The van der Waals surface area contributed by atoms with Crippen molar-refractivity contribution >= 4 is 28.3 Å². The zero-order chi connectivity index (χ0) is 15.1. The van der Waals surface area contributed by atoms with E-state index in [0.717, 1.165) is 0 Å². The normalized spacial score (nSPS) is 10.3. The minimum atomic E-state index is -0.320. The van der Waals surface area contributed by atoms with Crippen molar-refractivity contribution in [2.75, 3.05) is 11.9 Å². The number of anilines is 1. The maximum Gasteiger partial charge on any atom is 0.311 e. The first-order valence-electron chi connectivity index (χ1n) is 6.54. The summed E-state index contributed by atoms with van der Waals surface area (Å²) >= 11 is 1.29. The first-order chi connectivity index (χ1) is 10.2. The quantitative estimate of drug-likeness (QED) is 0.783. The average Bonchev–Trinajstić information content (AvgIpc) is 3.08. The zero-order valence-electron chi connectivity index (χ0n) is 11.6. The van der Waals surface area contributed by atoms with Crippen LogP contribution in [0.15, 0.2) is 23.8 Å². The Bertz CT molecular complexity index is 594. The molecule has 0 bridgehead atoms. The topological polar surface area (TPSA) is 86.1 Å². The van der Waals surface area contributed by atoms with Crippen LogP contribution in [0.4, 0.5) is 5.13 Å². The molecule has 0 radical (unpaired) electrons. The lowest BCUT2D eigenvalue weighted by Crippen LogP contribution is -2.14. The molecule has 1 amide bonds. The number of nitrogens with one attached hydrogen (secondary N) is 1. The summed E-state index contributed by atoms with van der Waals surface area (Å²) < 4.78 is 6.53. The van der Waals surface area contributed by atoms with Crippen molar-refractivity contribution in [3.8, 4) is 0 Å². The number of esters is 1. The number of rotatable bonds is 7. The molecule has 2 aromatic rings. The Morgan fingerprint density at radius 3 is 3.05 bits per heavy atom. The molecule has 2 rings (SSSR count). The van der Waals surface area contributed by atoms with E-state index in [2.05, 4.69) is 15.4 Å². The van der Waals surface area contributed by atoms with Gasteiger partial charge in [-0.25, -0.2) is 4.98 Å². The van der Waals surface area contributed by atoms with E-state index in [1.807, 2.05) is 0 Å². The summed E-state index contributed by atoms with van der Waals surface area (Å²) in [5.41, 5.74) is 0.598. The van der Waals surface area contributed by atoms with Gasteiger partial charge in [0.1, 0.15) is 0 Å². The fraction of sp³-hybridized carbons (Fsp3) is 0.385. The van der Waals surface area contributed by atoms with E-state index >= 15 is 0 Å². The van der Waals surface area contributed by atoms with E-state index in [1.54, 1.807) is 35.4 Å². The van der Waals surface area contributed by atoms with Gasteiger partial charge in [0.05, 0.1) is 18.7 Å². The summed E-state index contributed by atoms with van der Waals surface area (Å²) in [6.45, 7) is 2.62. The van der Waals surface area contributed by atoms with Crippen LogP contribution in [0.5, 0.6) is 0 Å². The number of carbonyl (C=O) groups is 2. The van der Waals surface area contributed by atoms with Crippen LogP contribution in [0.25, 0.3) is 0 Å². The highest BCUT2D eigenvalue weighted by Crippen LogP contribution is 2.16. The Morgan fingerprint density at radius 2 is 2.33 bits per heavy atom. The largest absolute Gasteiger partial charge is 0.466 e. The van der Waals surface area contributed by atoms with Gasteiger partial charge in [0, 0.05) is 30.7 Å². The van der Waals surface area contributed by atoms with Crippen LogP contribution in [-0.2, 0) is 27.3 Å². The second kappa shape index (κ2) is 7.53. The van der Waals surface area contributed by atoms with Crippen LogP contribution in [-0.4, -0.2) is 33.2 Å². The molecule has 0 aromatic carbocycles. The first-order valence-corrected chi connectivity index (χ1v) is 7.42. The monoisotopic (exact) mass is 308 g/mol. The van der Waals surface area contributed by atoms with Gasteiger partial charge in [0.15, 0.2) is 5.13 Å². The van der Waals surface area contributed by atoms with E-state index in [9.17, 15) is 9.59 Å². The van der Waals surface area contributed by atoms with E-state index in [4.69, 9.17) is 4.74 Å². The molecule has 8 heteroatoms. The predicted octanol–water partition coefficient (Wildman–Crippen LogP) is 1.47. The molecule has 0 aliphatic heterocycles. The second-order valence-electron chi connectivity index (χ2n) is 4.19. The van der Waals surface area contributed by atoms with E-state index < -0.39 is 0 Å². The zero-order valence-corrected chi connectivity index (χ0v) is 12.4. The summed E-state index contributed by atoms with van der Waals surface area (Å²) in [5, 5.41) is 8.95. The lowest BCUT2D eigenvalue weighted by atomic mass is 10.3. The molecule has 0 saturated heterocycles. The van der Waals surface area contributed by atoms with Gasteiger partial charge in [0.2, 0.25) is 5.91 Å². The van der Waals surface area contributed by atoms with E-state index in [0.29, 0.717) is 30.4 Å². The number of carbonyl (C=O) groups excluding carboxylic acids is 2. The maximum atomic E-state index is 11.8. The molecule has 21 heavy (non-hydrogen) atoms. The lowest BCUT2D eigenvalue weighted by Gasteiger charge is -2.02. The molecule has 2 heterocycles. The van der Waals surface area contributed by atoms with E-state index in [1.165, 1.54) is 11.3 Å². The summed E-state index contributed by atoms with van der Waals surface area (Å²) in [6, 6.07) is 1.81. The van der Waals surface area contributed by atoms with Crippen molar-refractivity contribution in [2.45, 2.75) is 26.3 Å². The first kappa shape index (κ1) is 15.2. The Morgan fingerprint density at radius 1 is 1.48 bits per heavy atom. The molecule has 0 saturated carbocycles. The maximum absolute atomic E-state index is 11.8. The minimum Gasteiger partial charge on any atom is -0.466 e. The SMILES string of the molecule is CCOC(=O)Cc1csc(NC(=O)CCn2cccn2)n1. The molecule has 1 N–H and O–H groups in total. The third-order valence-electron chi connectivity index (χ3n) is 2.56. The molecule has 0 unspecified atom stereocenters. The number of aromatic nitrogens is 3. The Labute approximate surface area is 125 Å². The Kier molecular flexibility index (Phi) is 5.44. The number of aryl methyl sites for hydroxylation is 1. The highest BCUT2D eigenvalue weighted by atomic mass is 32.1. The average molecular weight is 308 g/mol. The predicted molar refractivity (Wildman–Crippen MR) is 77.9 cm³/mol. The third-order valence-corrected chi connectivity index (χ3v) is 3.36. The van der Waals surface area contributed by atoms with Crippen molar-refractivity contribution in [2.24, 2.45) is 0 Å². The Hall–Kier alpha value is -2.22. The van der Waals surface area contributed by atoms with Crippen LogP contribution in [0.1, 0.15) is 19.0 Å². The van der Waals surface area contributed by atoms with Crippen molar-refractivity contribution in [1.29, 1.82) is 0 Å². The molecule has 0 atom stereocenters. The fourth-order valence-corrected chi connectivity index (χ4v) is 2.36. The number of hydrogen-bond donors (Lipinski definition) is 1. The van der Waals surface area contributed by atoms with Crippen molar-refractivity contribution < 1.29 is 14.3 Å². The number of nitrogens with zero attached hydrogens (tertiary/aromatic N) is 3. The molecule has 0 fully saturated rings. The summed E-state index contributed by atoms with van der Waals surface area (Å²) in [6.07, 6.45) is 3.90. The summed E-state index contributed by atoms with van der Waals surface area (Å²) in [4.78, 5) is 27.3. The van der Waals surface area contributed by atoms with Gasteiger partial charge in [-0.1, -0.05) is 0 Å². The van der Waals surface area contributed by atoms with E-state index in [-0.39, 0.29) is 18.3 Å². The molecular weight excluding hydrogens is 292 g/mol. The molecule has 0 aliphatic carbocycles. The van der Waals surface area contributed by atoms with Gasteiger partial charge in [-0.05, 0) is 13.0 Å². The van der Waals surface area contributed by atoms with Crippen molar-refractivity contribution in [3.05, 3.63) is 29.5 Å². The molecule has 2 aromatic heterocycles.